The van der Waals surface area contributed by atoms with E-state index in [1.807, 2.05) is 96.9 Å². The van der Waals surface area contributed by atoms with E-state index in [1.165, 1.54) is 12.3 Å². The third-order valence-electron chi connectivity index (χ3n) is 14.8. The number of rotatable bonds is 22. The van der Waals surface area contributed by atoms with Gasteiger partial charge in [0, 0.05) is 49.5 Å². The summed E-state index contributed by atoms with van der Waals surface area (Å²) in [6.45, 7) is 10.6. The number of methoxy groups -OCH3 is 2. The second-order valence-corrected chi connectivity index (χ2v) is 23.9. The summed E-state index contributed by atoms with van der Waals surface area (Å²) >= 11 is 0. The molecule has 0 bridgehead atoms. The number of nitrogens with one attached hydrogen (secondary N) is 1. The molecular formula is C54H68N6O9Si. The molecule has 3 N–H and O–H groups in total. The Morgan fingerprint density at radius 2 is 1.69 bits per heavy atom. The molecule has 6 atom stereocenters. The van der Waals surface area contributed by atoms with Crippen LogP contribution in [-0.4, -0.2) is 110 Å². The maximum absolute atomic E-state index is 15.7. The van der Waals surface area contributed by atoms with E-state index >= 15 is 4.79 Å². The fourth-order valence-corrected chi connectivity index (χ4v) is 15.3. The van der Waals surface area contributed by atoms with Crippen molar-refractivity contribution in [2.45, 2.75) is 108 Å². The molecule has 70 heavy (non-hydrogen) atoms. The van der Waals surface area contributed by atoms with Crippen LogP contribution < -0.4 is 29.8 Å². The fraction of sp³-hybridized carbons (Fsp3) is 0.463. The Morgan fingerprint density at radius 1 is 0.929 bits per heavy atom. The van der Waals surface area contributed by atoms with Crippen molar-refractivity contribution in [1.82, 2.24) is 20.3 Å². The van der Waals surface area contributed by atoms with Gasteiger partial charge in [0.1, 0.15) is 11.5 Å². The number of anilines is 3. The lowest BCUT2D eigenvalue weighted by Crippen LogP contribution is -2.52. The summed E-state index contributed by atoms with van der Waals surface area (Å²) in [4.78, 5) is 46.3. The molecule has 0 saturated carbocycles. The number of hydrogen-bond acceptors (Lipinski definition) is 12. The van der Waals surface area contributed by atoms with Crippen LogP contribution in [0.3, 0.4) is 0 Å². The van der Waals surface area contributed by atoms with E-state index in [9.17, 15) is 19.8 Å². The Hall–Kier alpha value is -5.91. The molecule has 0 aliphatic carbocycles. The van der Waals surface area contributed by atoms with Crippen LogP contribution in [0.1, 0.15) is 80.7 Å². The van der Waals surface area contributed by atoms with Crippen LogP contribution in [0, 0.1) is 5.92 Å². The molecule has 8 rings (SSSR count). The van der Waals surface area contributed by atoms with E-state index in [1.54, 1.807) is 16.7 Å². The maximum Gasteiger partial charge on any atom is 0.305 e. The summed E-state index contributed by atoms with van der Waals surface area (Å²) in [5, 5.41) is 33.7. The van der Waals surface area contributed by atoms with Gasteiger partial charge in [0.15, 0.2) is 5.60 Å². The van der Waals surface area contributed by atoms with Gasteiger partial charge in [-0.3, -0.25) is 24.0 Å². The van der Waals surface area contributed by atoms with Gasteiger partial charge in [0.25, 0.3) is 5.91 Å². The molecule has 16 heteroatoms. The first kappa shape index (κ1) is 50.5. The van der Waals surface area contributed by atoms with Gasteiger partial charge in [0.2, 0.25) is 5.91 Å². The lowest BCUT2D eigenvalue weighted by atomic mass is 9.82. The molecule has 2 unspecified atom stereocenters. The normalized spacial score (nSPS) is 21.3. The van der Waals surface area contributed by atoms with Gasteiger partial charge in [-0.25, -0.2) is 0 Å². The highest BCUT2D eigenvalue weighted by atomic mass is 28.3. The number of ether oxygens (including phenoxy) is 4. The zero-order valence-corrected chi connectivity index (χ0v) is 42.3. The van der Waals surface area contributed by atoms with Crippen LogP contribution in [-0.2, 0) is 42.4 Å². The molecule has 5 aromatic rings. The molecule has 4 heterocycles. The minimum absolute atomic E-state index is 0.0774. The smallest absolute Gasteiger partial charge is 0.305 e. The van der Waals surface area contributed by atoms with Crippen molar-refractivity contribution in [3.8, 4) is 11.5 Å². The van der Waals surface area contributed by atoms with Crippen LogP contribution in [0.5, 0.6) is 11.5 Å². The molecule has 3 aliphatic rings. The molecule has 0 radical (unpaired) electrons. The highest BCUT2D eigenvalue weighted by Gasteiger charge is 2.66. The average molecular weight is 973 g/mol. The van der Waals surface area contributed by atoms with Crippen molar-refractivity contribution in [3.05, 3.63) is 120 Å². The Kier molecular flexibility index (Phi) is 15.9. The first-order chi connectivity index (χ1) is 33.9. The summed E-state index contributed by atoms with van der Waals surface area (Å²) in [6.07, 6.45) is 5.14. The summed E-state index contributed by atoms with van der Waals surface area (Å²) in [7, 11) is 0.487. The summed E-state index contributed by atoms with van der Waals surface area (Å²) in [5.74, 6) is 0.234. The van der Waals surface area contributed by atoms with Crippen molar-refractivity contribution >= 4 is 48.1 Å². The Labute approximate surface area is 412 Å². The zero-order chi connectivity index (χ0) is 49.6. The number of hydrogen-bond donors (Lipinski definition) is 3. The standard InChI is InChI=1S/C54H68N6O9Si/c1-7-68-41-21-25-47-38(31-41)32-45(55-27-12-14-30-61)52(64)60(47)39-18-24-48-44(33-39)54(53(65)59(48)28-13-11-17-50(63)67-4)36(2)51(70(5,6)42-22-19-40(66-3)20-23-42)49(69-54)26-29-58-34-46(56-57-58)43(35-62)37-15-9-8-10-16-37/h8-10,15-16,18-25,31,33-34,36,43,45,49,51,55,61-62H,7,11-14,17,26-30,32,35H2,1-6H3/t36-,43?,45?,49+,51-,54+/m0/s1. The highest BCUT2D eigenvalue weighted by Crippen LogP contribution is 2.60. The number of nitrogens with zero attached hydrogens (tertiary/aromatic N) is 5. The SMILES string of the molecule is CCOc1ccc2c(c1)CC(NCCCCO)C(=O)N2c1ccc2c(c1)[C@@]1(O[C@H](CCn3cc(C(CO)c4ccccc4)nn3)[C@@H]([Si](C)(C)c3ccc(OC)cc3)[C@@H]1C)C(=O)N2CCCCC(=O)OC. The van der Waals surface area contributed by atoms with E-state index < -0.39 is 25.8 Å². The van der Waals surface area contributed by atoms with Gasteiger partial charge < -0.3 is 39.4 Å². The number of carbonyl (C=O) groups excluding carboxylic acids is 3. The quantitative estimate of drug-likeness (QED) is 0.0378. The van der Waals surface area contributed by atoms with Crippen LogP contribution in [0.2, 0.25) is 18.6 Å². The largest absolute Gasteiger partial charge is 0.497 e. The predicted octanol–water partition coefficient (Wildman–Crippen LogP) is 6.76. The number of aliphatic hydroxyl groups is 2. The third kappa shape index (κ3) is 9.89. The minimum Gasteiger partial charge on any atom is -0.497 e. The van der Waals surface area contributed by atoms with Crippen molar-refractivity contribution < 1.29 is 43.5 Å². The second kappa shape index (κ2) is 22.0. The number of benzene rings is 4. The number of amides is 2. The number of carbonyl (C=O) groups is 3. The predicted molar refractivity (Wildman–Crippen MR) is 271 cm³/mol. The summed E-state index contributed by atoms with van der Waals surface area (Å²) in [6, 6.07) is 29.2. The molecule has 1 aromatic heterocycles. The first-order valence-electron chi connectivity index (χ1n) is 24.7. The van der Waals surface area contributed by atoms with E-state index in [0.29, 0.717) is 87.4 Å². The van der Waals surface area contributed by atoms with Gasteiger partial charge in [-0.05, 0) is 117 Å². The Balaban J connectivity index is 1.21. The highest BCUT2D eigenvalue weighted by molar-refractivity contribution is 6.91. The summed E-state index contributed by atoms with van der Waals surface area (Å²) < 4.78 is 25.8. The number of fused-ring (bicyclic) bond motifs is 3. The maximum atomic E-state index is 15.7. The van der Waals surface area contributed by atoms with Gasteiger partial charge >= 0.3 is 5.97 Å². The number of aliphatic hydroxyl groups excluding tert-OH is 2. The Bertz CT molecular complexity index is 2610. The minimum atomic E-state index is -2.55. The monoisotopic (exact) mass is 972 g/mol. The van der Waals surface area contributed by atoms with E-state index in [4.69, 9.17) is 18.9 Å². The third-order valence-corrected chi connectivity index (χ3v) is 19.1. The molecular weight excluding hydrogens is 905 g/mol. The fourth-order valence-electron chi connectivity index (χ4n) is 11.2. The molecule has 15 nitrogen and oxygen atoms in total. The molecule has 1 fully saturated rings. The second-order valence-electron chi connectivity index (χ2n) is 19.2. The molecule has 1 saturated heterocycles. The summed E-state index contributed by atoms with van der Waals surface area (Å²) in [5.41, 5.74) is 3.83. The van der Waals surface area contributed by atoms with Crippen molar-refractivity contribution in [2.24, 2.45) is 5.92 Å². The van der Waals surface area contributed by atoms with Crippen molar-refractivity contribution in [1.29, 1.82) is 0 Å². The average Bonchev–Trinajstić information content (AvgIpc) is 4.03. The Morgan fingerprint density at radius 3 is 2.40 bits per heavy atom. The van der Waals surface area contributed by atoms with Crippen molar-refractivity contribution in [3.63, 3.8) is 0 Å². The number of unbranched alkanes of at least 4 members (excludes halogenated alkanes) is 2. The molecule has 2 amide bonds. The lowest BCUT2D eigenvalue weighted by molar-refractivity contribution is -0.146. The number of esters is 1. The lowest BCUT2D eigenvalue weighted by Gasteiger charge is -2.37. The van der Waals surface area contributed by atoms with E-state index in [0.717, 1.165) is 28.3 Å². The number of aryl methyl sites for hydroxylation is 1. The van der Waals surface area contributed by atoms with E-state index in [2.05, 4.69) is 47.8 Å². The van der Waals surface area contributed by atoms with E-state index in [-0.39, 0.29) is 54.8 Å². The molecule has 372 valence electrons. The number of aromatic nitrogens is 3. The molecule has 1 spiro atoms. The van der Waals surface area contributed by atoms with Crippen LogP contribution in [0.4, 0.5) is 17.1 Å². The topological polar surface area (TPSA) is 178 Å². The van der Waals surface area contributed by atoms with Crippen LogP contribution in [0.15, 0.2) is 97.2 Å². The molecule has 3 aliphatic heterocycles. The van der Waals surface area contributed by atoms with Gasteiger partial charge in [-0.1, -0.05) is 72.9 Å². The van der Waals surface area contributed by atoms with Crippen LogP contribution in [0.25, 0.3) is 0 Å². The zero-order valence-electron chi connectivity index (χ0n) is 41.3. The van der Waals surface area contributed by atoms with Gasteiger partial charge in [-0.2, -0.15) is 0 Å². The first-order valence-corrected chi connectivity index (χ1v) is 27.8. The molecule has 4 aromatic carbocycles. The van der Waals surface area contributed by atoms with Crippen molar-refractivity contribution in [2.75, 3.05) is 56.9 Å². The van der Waals surface area contributed by atoms with Crippen LogP contribution >= 0.6 is 0 Å². The van der Waals surface area contributed by atoms with Gasteiger partial charge in [-0.15, -0.1) is 5.10 Å². The van der Waals surface area contributed by atoms with Gasteiger partial charge in [0.05, 0.1) is 70.6 Å².